The number of hydrogen-bond acceptors (Lipinski definition) is 3. The van der Waals surface area contributed by atoms with E-state index in [4.69, 9.17) is 5.73 Å². The van der Waals surface area contributed by atoms with Crippen LogP contribution in [0, 0.1) is 25.7 Å². The smallest absolute Gasteiger partial charge is 0.240 e. The van der Waals surface area contributed by atoms with E-state index < -0.39 is 10.0 Å². The summed E-state index contributed by atoms with van der Waals surface area (Å²) in [5.41, 5.74) is 8.28. The highest BCUT2D eigenvalue weighted by molar-refractivity contribution is 7.89. The molecule has 1 aliphatic rings. The maximum absolute atomic E-state index is 12.6. The number of aryl methyl sites for hydroxylation is 1. The molecule has 0 bridgehead atoms. The van der Waals surface area contributed by atoms with E-state index in [1.165, 1.54) is 0 Å². The van der Waals surface area contributed by atoms with Crippen molar-refractivity contribution < 1.29 is 8.42 Å². The molecule has 0 amide bonds. The molecule has 3 unspecified atom stereocenters. The molecule has 5 heteroatoms. The Morgan fingerprint density at radius 3 is 2.43 bits per heavy atom. The van der Waals surface area contributed by atoms with Crippen LogP contribution >= 0.6 is 0 Å². The first-order chi connectivity index (χ1) is 9.70. The van der Waals surface area contributed by atoms with Crippen LogP contribution in [0.4, 0.5) is 5.69 Å². The Hall–Kier alpha value is -1.07. The van der Waals surface area contributed by atoms with Crippen molar-refractivity contribution in [3.8, 4) is 0 Å². The molecular weight excluding hydrogens is 284 g/mol. The zero-order valence-corrected chi connectivity index (χ0v) is 14.1. The van der Waals surface area contributed by atoms with Crippen LogP contribution in [0.5, 0.6) is 0 Å². The van der Waals surface area contributed by atoms with E-state index in [1.807, 2.05) is 13.8 Å². The van der Waals surface area contributed by atoms with Gasteiger partial charge in [0.1, 0.15) is 0 Å². The molecule has 0 spiro atoms. The summed E-state index contributed by atoms with van der Waals surface area (Å²) in [5, 5.41) is 0. The van der Waals surface area contributed by atoms with Crippen molar-refractivity contribution in [2.24, 2.45) is 11.8 Å². The van der Waals surface area contributed by atoms with Crippen molar-refractivity contribution in [1.29, 1.82) is 0 Å². The zero-order valence-electron chi connectivity index (χ0n) is 13.3. The minimum Gasteiger partial charge on any atom is -0.398 e. The normalized spacial score (nSPS) is 26.8. The lowest BCUT2D eigenvalue weighted by molar-refractivity contribution is 0.249. The van der Waals surface area contributed by atoms with Crippen LogP contribution in [0.1, 0.15) is 44.2 Å². The van der Waals surface area contributed by atoms with Gasteiger partial charge in [0.15, 0.2) is 0 Å². The largest absolute Gasteiger partial charge is 0.398 e. The fourth-order valence-corrected chi connectivity index (χ4v) is 4.61. The third-order valence-electron chi connectivity index (χ3n) is 4.73. The van der Waals surface area contributed by atoms with Crippen LogP contribution in [-0.2, 0) is 10.0 Å². The maximum atomic E-state index is 12.6. The van der Waals surface area contributed by atoms with Gasteiger partial charge in [-0.25, -0.2) is 13.1 Å². The lowest BCUT2D eigenvalue weighted by Gasteiger charge is -2.32. The number of nitrogens with two attached hydrogens (primary N) is 1. The number of benzene rings is 1. The van der Waals surface area contributed by atoms with Crippen LogP contribution in [0.3, 0.4) is 0 Å². The van der Waals surface area contributed by atoms with E-state index in [0.29, 0.717) is 17.5 Å². The second kappa shape index (κ2) is 5.97. The third-order valence-corrected chi connectivity index (χ3v) is 6.20. The predicted molar refractivity (Wildman–Crippen MR) is 86.6 cm³/mol. The quantitative estimate of drug-likeness (QED) is 0.843. The van der Waals surface area contributed by atoms with E-state index in [-0.39, 0.29) is 10.9 Å². The standard InChI is InChI=1S/C16H26N2O2S/c1-10-5-6-16(12(3)7-10)18-21(19,20)14-8-11(2)13(4)15(17)9-14/h8-10,12,16,18H,5-7,17H2,1-4H3. The summed E-state index contributed by atoms with van der Waals surface area (Å²) >= 11 is 0. The number of hydrogen-bond donors (Lipinski definition) is 2. The lowest BCUT2D eigenvalue weighted by atomic mass is 9.80. The summed E-state index contributed by atoms with van der Waals surface area (Å²) in [4.78, 5) is 0.272. The highest BCUT2D eigenvalue weighted by atomic mass is 32.2. The minimum atomic E-state index is -3.50. The second-order valence-electron chi connectivity index (χ2n) is 6.58. The van der Waals surface area contributed by atoms with Crippen molar-refractivity contribution in [3.63, 3.8) is 0 Å². The van der Waals surface area contributed by atoms with Crippen molar-refractivity contribution in [3.05, 3.63) is 23.3 Å². The molecule has 1 fully saturated rings. The molecule has 2 rings (SSSR count). The number of rotatable bonds is 3. The van der Waals surface area contributed by atoms with Crippen LogP contribution in [0.15, 0.2) is 17.0 Å². The molecule has 3 atom stereocenters. The summed E-state index contributed by atoms with van der Waals surface area (Å²) in [5.74, 6) is 1.05. The van der Waals surface area contributed by atoms with Crippen molar-refractivity contribution in [1.82, 2.24) is 4.72 Å². The minimum absolute atomic E-state index is 0.0223. The Balaban J connectivity index is 2.23. The van der Waals surface area contributed by atoms with E-state index in [0.717, 1.165) is 30.4 Å². The van der Waals surface area contributed by atoms with Gasteiger partial charge in [-0.15, -0.1) is 0 Å². The number of sulfonamides is 1. The zero-order chi connectivity index (χ0) is 15.8. The number of nitrogens with one attached hydrogen (secondary N) is 1. The Morgan fingerprint density at radius 1 is 1.19 bits per heavy atom. The molecule has 3 N–H and O–H groups in total. The summed E-state index contributed by atoms with van der Waals surface area (Å²) in [6.07, 6.45) is 3.05. The summed E-state index contributed by atoms with van der Waals surface area (Å²) in [7, 11) is -3.50. The first-order valence-corrected chi connectivity index (χ1v) is 9.08. The molecule has 0 radical (unpaired) electrons. The highest BCUT2D eigenvalue weighted by Crippen LogP contribution is 2.30. The van der Waals surface area contributed by atoms with Gasteiger partial charge in [0, 0.05) is 11.7 Å². The maximum Gasteiger partial charge on any atom is 0.240 e. The fraction of sp³-hybridized carbons (Fsp3) is 0.625. The Kier molecular flexibility index (Phi) is 4.63. The lowest BCUT2D eigenvalue weighted by Crippen LogP contribution is -2.42. The third kappa shape index (κ3) is 3.58. The molecule has 118 valence electrons. The van der Waals surface area contributed by atoms with Crippen LogP contribution in [-0.4, -0.2) is 14.5 Å². The Labute approximate surface area is 128 Å². The van der Waals surface area contributed by atoms with Gasteiger partial charge in [-0.2, -0.15) is 0 Å². The molecule has 0 saturated heterocycles. The van der Waals surface area contributed by atoms with Gasteiger partial charge < -0.3 is 5.73 Å². The van der Waals surface area contributed by atoms with E-state index in [9.17, 15) is 8.42 Å². The molecule has 0 heterocycles. The molecule has 1 aromatic rings. The second-order valence-corrected chi connectivity index (χ2v) is 8.29. The van der Waals surface area contributed by atoms with E-state index in [1.54, 1.807) is 12.1 Å². The fourth-order valence-electron chi connectivity index (χ4n) is 3.12. The Morgan fingerprint density at radius 2 is 1.86 bits per heavy atom. The SMILES string of the molecule is Cc1cc(S(=O)(=O)NC2CCC(C)CC2C)cc(N)c1C. The molecule has 4 nitrogen and oxygen atoms in total. The number of anilines is 1. The van der Waals surface area contributed by atoms with Gasteiger partial charge in [0.25, 0.3) is 0 Å². The van der Waals surface area contributed by atoms with Gasteiger partial charge >= 0.3 is 0 Å². The molecular formula is C16H26N2O2S. The van der Waals surface area contributed by atoms with Crippen LogP contribution in [0.25, 0.3) is 0 Å². The summed E-state index contributed by atoms with van der Waals surface area (Å²) < 4.78 is 28.0. The molecule has 0 aliphatic heterocycles. The first kappa shape index (κ1) is 16.3. The molecule has 1 aliphatic carbocycles. The molecule has 1 saturated carbocycles. The van der Waals surface area contributed by atoms with Crippen LogP contribution < -0.4 is 10.5 Å². The summed E-state index contributed by atoms with van der Waals surface area (Å²) in [6, 6.07) is 3.28. The van der Waals surface area contributed by atoms with E-state index >= 15 is 0 Å². The van der Waals surface area contributed by atoms with E-state index in [2.05, 4.69) is 18.6 Å². The number of nitrogen functional groups attached to an aromatic ring is 1. The average Bonchev–Trinajstić information content (AvgIpc) is 2.38. The Bertz CT molecular complexity index is 602. The average molecular weight is 310 g/mol. The van der Waals surface area contributed by atoms with Crippen molar-refractivity contribution >= 4 is 15.7 Å². The topological polar surface area (TPSA) is 72.2 Å². The summed E-state index contributed by atoms with van der Waals surface area (Å²) in [6.45, 7) is 8.14. The monoisotopic (exact) mass is 310 g/mol. The molecule has 0 aromatic heterocycles. The van der Waals surface area contributed by atoms with Crippen molar-refractivity contribution in [2.45, 2.75) is 57.9 Å². The van der Waals surface area contributed by atoms with Crippen LogP contribution in [0.2, 0.25) is 0 Å². The first-order valence-electron chi connectivity index (χ1n) is 7.59. The van der Waals surface area contributed by atoms with Gasteiger partial charge in [0.2, 0.25) is 10.0 Å². The van der Waals surface area contributed by atoms with Gasteiger partial charge in [0.05, 0.1) is 4.90 Å². The van der Waals surface area contributed by atoms with Crippen molar-refractivity contribution in [2.75, 3.05) is 5.73 Å². The van der Waals surface area contributed by atoms with Gasteiger partial charge in [-0.1, -0.05) is 13.8 Å². The predicted octanol–water partition coefficient (Wildman–Crippen LogP) is 2.99. The van der Waals surface area contributed by atoms with Gasteiger partial charge in [-0.3, -0.25) is 0 Å². The highest BCUT2D eigenvalue weighted by Gasteiger charge is 2.29. The van der Waals surface area contributed by atoms with Gasteiger partial charge in [-0.05, 0) is 68.2 Å². The molecule has 21 heavy (non-hydrogen) atoms. The molecule has 1 aromatic carbocycles.